The van der Waals surface area contributed by atoms with Crippen LogP contribution in [0.4, 0.5) is 17.1 Å². The van der Waals surface area contributed by atoms with E-state index < -0.39 is 23.8 Å². The lowest BCUT2D eigenvalue weighted by Crippen LogP contribution is -2.16. The van der Waals surface area contributed by atoms with Gasteiger partial charge < -0.3 is 25.8 Å². The first-order valence-electron chi connectivity index (χ1n) is 10.5. The van der Waals surface area contributed by atoms with E-state index in [1.165, 1.54) is 64.5 Å². The number of benzene rings is 2. The van der Waals surface area contributed by atoms with Crippen molar-refractivity contribution in [2.24, 2.45) is 0 Å². The molecule has 206 valence electrons. The van der Waals surface area contributed by atoms with Crippen molar-refractivity contribution >= 4 is 101 Å². The molecule has 0 radical (unpaired) electrons. The van der Waals surface area contributed by atoms with E-state index in [9.17, 15) is 28.8 Å². The molecule has 0 spiro atoms. The van der Waals surface area contributed by atoms with Gasteiger partial charge in [-0.15, -0.1) is 0 Å². The molecule has 0 aliphatic carbocycles. The molecule has 0 heterocycles. The predicted molar refractivity (Wildman–Crippen MR) is 161 cm³/mol. The molecule has 0 saturated carbocycles. The van der Waals surface area contributed by atoms with Crippen LogP contribution in [-0.2, 0) is 28.7 Å². The number of ether oxygens (including phenoxy) is 2. The maximum atomic E-state index is 11.5. The molecule has 0 bridgehead atoms. The minimum atomic E-state index is -0.538. The Hall–Kier alpha value is -2.79. The van der Waals surface area contributed by atoms with Gasteiger partial charge in [0.2, 0.25) is 11.8 Å². The Morgan fingerprint density at radius 2 is 1.34 bits per heavy atom. The zero-order valence-electron chi connectivity index (χ0n) is 20.9. The molecule has 4 N–H and O–H groups in total. The summed E-state index contributed by atoms with van der Waals surface area (Å²) in [6, 6.07) is 8.74. The fraction of sp³-hybridized carbons (Fsp3) is 0.250. The molecule has 2 aromatic carbocycles. The highest BCUT2D eigenvalue weighted by molar-refractivity contribution is 15.0. The number of nitrogens with two attached hydrogens (primary N) is 1. The number of carbonyl (C=O) groups excluding carboxylic acids is 6. The van der Waals surface area contributed by atoms with Gasteiger partial charge in [0.1, 0.15) is 11.6 Å². The van der Waals surface area contributed by atoms with Gasteiger partial charge in [0.05, 0.1) is 48.9 Å². The largest absolute Gasteiger partial charge is 0.465 e. The van der Waals surface area contributed by atoms with Gasteiger partial charge >= 0.3 is 11.9 Å². The summed E-state index contributed by atoms with van der Waals surface area (Å²) in [5.74, 6) is -2.44. The second-order valence-electron chi connectivity index (χ2n) is 7.33. The standard InChI is InChI=1S/C14H15ClN2O4.C10H11NO4.I2/c1-8(18)5-13(20)16-10-3-4-12(11(15)7-10)17-14(21)6-9(2)19;1-14-9(12)6-3-4-7(8(11)5-6)10(13)15-2;1-2/h3-4,7H,5-6H2,1-2H3,(H,16,20)(H,17,21);3-5H,11H2,1-2H3;. The zero-order chi connectivity index (χ0) is 29.4. The molecule has 14 heteroatoms. The summed E-state index contributed by atoms with van der Waals surface area (Å²) in [6.45, 7) is 2.63. The number of hydrogen-bond donors (Lipinski definition) is 3. The number of nitrogens with one attached hydrogen (secondary N) is 2. The van der Waals surface area contributed by atoms with E-state index in [2.05, 4.69) is 57.3 Å². The molecule has 2 aromatic rings. The highest BCUT2D eigenvalue weighted by Gasteiger charge is 2.13. The molecule has 0 unspecified atom stereocenters. The van der Waals surface area contributed by atoms with Crippen LogP contribution in [0.25, 0.3) is 0 Å². The lowest BCUT2D eigenvalue weighted by Gasteiger charge is -2.09. The number of ketones is 2. The van der Waals surface area contributed by atoms with E-state index in [1.807, 2.05) is 0 Å². The first-order valence-corrected chi connectivity index (χ1v) is 17.1. The molecule has 2 amide bonds. The highest BCUT2D eigenvalue weighted by atomic mass is 128. The summed E-state index contributed by atoms with van der Waals surface area (Å²) in [7, 11) is 2.53. The summed E-state index contributed by atoms with van der Waals surface area (Å²) in [4.78, 5) is 66.8. The highest BCUT2D eigenvalue weighted by Crippen LogP contribution is 2.25. The molecule has 0 saturated heterocycles. The van der Waals surface area contributed by atoms with Crippen LogP contribution in [0.1, 0.15) is 47.4 Å². The Kier molecular flexibility index (Phi) is 17.1. The van der Waals surface area contributed by atoms with Gasteiger partial charge in [0.25, 0.3) is 0 Å². The summed E-state index contributed by atoms with van der Waals surface area (Å²) in [5, 5.41) is 5.23. The van der Waals surface area contributed by atoms with Crippen molar-refractivity contribution in [1.82, 2.24) is 0 Å². The van der Waals surface area contributed by atoms with Gasteiger partial charge in [-0.25, -0.2) is 9.59 Å². The molecule has 38 heavy (non-hydrogen) atoms. The van der Waals surface area contributed by atoms with Crippen LogP contribution in [0.3, 0.4) is 0 Å². The average molecular weight is 774 g/mol. The maximum Gasteiger partial charge on any atom is 0.339 e. The van der Waals surface area contributed by atoms with Gasteiger partial charge in [-0.05, 0) is 50.2 Å². The molecule has 0 aliphatic rings. The van der Waals surface area contributed by atoms with E-state index in [-0.39, 0.29) is 40.7 Å². The number of amides is 2. The SMILES string of the molecule is CC(=O)CC(=O)Nc1ccc(NC(=O)CC(C)=O)c(Cl)c1.COC(=O)c1ccc(C(=O)OC)c(N)c1.II. The molecule has 0 aromatic heterocycles. The van der Waals surface area contributed by atoms with Crippen LogP contribution >= 0.6 is 48.8 Å². The minimum Gasteiger partial charge on any atom is -0.465 e. The number of anilines is 3. The van der Waals surface area contributed by atoms with E-state index in [1.54, 1.807) is 0 Å². The lowest BCUT2D eigenvalue weighted by atomic mass is 10.1. The Balaban J connectivity index is 0.000000709. The smallest absolute Gasteiger partial charge is 0.339 e. The van der Waals surface area contributed by atoms with Gasteiger partial charge in [-0.1, -0.05) is 11.6 Å². The van der Waals surface area contributed by atoms with Crippen LogP contribution in [-0.4, -0.2) is 49.5 Å². The molecule has 0 fully saturated rings. The molecule has 11 nitrogen and oxygen atoms in total. The zero-order valence-corrected chi connectivity index (χ0v) is 25.9. The predicted octanol–water partition coefficient (Wildman–Crippen LogP) is 4.79. The number of methoxy groups -OCH3 is 2. The quantitative estimate of drug-likeness (QED) is 0.148. The van der Waals surface area contributed by atoms with E-state index in [0.717, 1.165) is 0 Å². The van der Waals surface area contributed by atoms with Crippen LogP contribution in [0, 0.1) is 0 Å². The van der Waals surface area contributed by atoms with Crippen LogP contribution in [0.2, 0.25) is 5.02 Å². The summed E-state index contributed by atoms with van der Waals surface area (Å²) in [5.41, 5.74) is 7.04. The molecule has 2 rings (SSSR count). The van der Waals surface area contributed by atoms with Crippen molar-refractivity contribution < 1.29 is 38.2 Å². The normalized spacial score (nSPS) is 9.34. The first-order chi connectivity index (χ1) is 17.9. The number of hydrogen-bond acceptors (Lipinski definition) is 9. The van der Waals surface area contributed by atoms with Gasteiger partial charge in [-0.2, -0.15) is 0 Å². The monoisotopic (exact) mass is 773 g/mol. The second-order valence-corrected chi connectivity index (χ2v) is 7.74. The average Bonchev–Trinajstić information content (AvgIpc) is 2.85. The number of esters is 2. The van der Waals surface area contributed by atoms with E-state index in [0.29, 0.717) is 16.9 Å². The van der Waals surface area contributed by atoms with Crippen LogP contribution in [0.5, 0.6) is 0 Å². The first kappa shape index (κ1) is 35.2. The second kappa shape index (κ2) is 18.5. The third-order valence-corrected chi connectivity index (χ3v) is 4.54. The Morgan fingerprint density at radius 1 is 0.816 bits per heavy atom. The summed E-state index contributed by atoms with van der Waals surface area (Å²) >= 11 is 10.2. The fourth-order valence-electron chi connectivity index (χ4n) is 2.65. The number of rotatable bonds is 8. The topological polar surface area (TPSA) is 171 Å². The molecular weight excluding hydrogens is 748 g/mol. The fourth-order valence-corrected chi connectivity index (χ4v) is 2.88. The number of halogens is 3. The van der Waals surface area contributed by atoms with Crippen LogP contribution in [0.15, 0.2) is 36.4 Å². The van der Waals surface area contributed by atoms with E-state index in [4.69, 9.17) is 17.3 Å². The maximum absolute atomic E-state index is 11.5. The van der Waals surface area contributed by atoms with Gasteiger partial charge in [-0.3, -0.25) is 19.2 Å². The number of carbonyl (C=O) groups is 6. The third kappa shape index (κ3) is 13.1. The Morgan fingerprint density at radius 3 is 1.79 bits per heavy atom. The third-order valence-electron chi connectivity index (χ3n) is 4.22. The Bertz CT molecular complexity index is 1190. The lowest BCUT2D eigenvalue weighted by molar-refractivity contribution is -0.125. The summed E-state index contributed by atoms with van der Waals surface area (Å²) < 4.78 is 9.02. The minimum absolute atomic E-state index is 0.185. The van der Waals surface area contributed by atoms with Crippen LogP contribution < -0.4 is 16.4 Å². The van der Waals surface area contributed by atoms with E-state index >= 15 is 0 Å². The summed E-state index contributed by atoms with van der Waals surface area (Å²) in [6.07, 6.45) is -0.442. The number of nitrogen functional groups attached to an aromatic ring is 1. The van der Waals surface area contributed by atoms with Crippen molar-refractivity contribution in [3.63, 3.8) is 0 Å². The van der Waals surface area contributed by atoms with Crippen molar-refractivity contribution in [1.29, 1.82) is 0 Å². The van der Waals surface area contributed by atoms with Crippen molar-refractivity contribution in [3.05, 3.63) is 52.5 Å². The molecule has 0 atom stereocenters. The Labute approximate surface area is 247 Å². The van der Waals surface area contributed by atoms with Crippen molar-refractivity contribution in [2.45, 2.75) is 26.7 Å². The molecule has 0 aliphatic heterocycles. The number of Topliss-reactive ketones (excluding diaryl/α,β-unsaturated/α-hetero) is 2. The van der Waals surface area contributed by atoms with Crippen molar-refractivity contribution in [3.8, 4) is 0 Å². The van der Waals surface area contributed by atoms with Crippen molar-refractivity contribution in [2.75, 3.05) is 30.6 Å². The van der Waals surface area contributed by atoms with Gasteiger partial charge in [0, 0.05) is 48.6 Å². The molecular formula is C24H26ClI2N3O8. The van der Waals surface area contributed by atoms with Gasteiger partial charge in [0.15, 0.2) is 0 Å².